The number of alkyl halides is 1. The van der Waals surface area contributed by atoms with Crippen LogP contribution in [0, 0.1) is 10.5 Å². The third kappa shape index (κ3) is 3.12. The van der Waals surface area contributed by atoms with Crippen LogP contribution < -0.4 is 4.74 Å². The van der Waals surface area contributed by atoms with E-state index in [1.165, 1.54) is 0 Å². The van der Waals surface area contributed by atoms with E-state index in [0.29, 0.717) is 6.61 Å². The van der Waals surface area contributed by atoms with Crippen molar-refractivity contribution in [1.29, 1.82) is 0 Å². The first-order valence-corrected chi connectivity index (χ1v) is 5.57. The highest BCUT2D eigenvalue weighted by Gasteiger charge is 2.07. The molecule has 0 N–H and O–H groups in total. The highest BCUT2D eigenvalue weighted by Crippen LogP contribution is 2.24. The van der Waals surface area contributed by atoms with Crippen LogP contribution in [0.1, 0.15) is 18.4 Å². The molecule has 0 saturated heterocycles. The summed E-state index contributed by atoms with van der Waals surface area (Å²) in [6.45, 7) is 5.85. The van der Waals surface area contributed by atoms with Crippen LogP contribution in [-0.2, 0) is 0 Å². The largest absolute Gasteiger partial charge is 0.494 e. The third-order valence-electron chi connectivity index (χ3n) is 1.86. The van der Waals surface area contributed by atoms with Crippen LogP contribution in [0.5, 0.6) is 5.75 Å². The van der Waals surface area contributed by atoms with Crippen molar-refractivity contribution in [2.75, 3.05) is 13.3 Å². The number of halogens is 2. The molecule has 1 radical (unpaired) electrons. The van der Waals surface area contributed by atoms with E-state index in [2.05, 4.69) is 29.5 Å². The van der Waals surface area contributed by atoms with Crippen LogP contribution in [0.15, 0.2) is 18.2 Å². The molecule has 0 saturated carbocycles. The monoisotopic (exact) mass is 307 g/mol. The fourth-order valence-electron chi connectivity index (χ4n) is 1.16. The molecular weight excluding hydrogens is 294 g/mol. The van der Waals surface area contributed by atoms with Gasteiger partial charge in [-0.2, -0.15) is 0 Å². The molecule has 1 unspecified atom stereocenters. The predicted octanol–water partition coefficient (Wildman–Crippen LogP) is 3.58. The van der Waals surface area contributed by atoms with Crippen molar-refractivity contribution in [2.45, 2.75) is 12.8 Å². The van der Waals surface area contributed by atoms with Crippen LogP contribution in [0.25, 0.3) is 0 Å². The molecule has 0 aliphatic rings. The zero-order valence-corrected chi connectivity index (χ0v) is 10.3. The molecule has 1 aromatic rings. The van der Waals surface area contributed by atoms with Gasteiger partial charge in [0.15, 0.2) is 0 Å². The molecule has 0 fully saturated rings. The second-order valence-electron chi connectivity index (χ2n) is 3.00. The summed E-state index contributed by atoms with van der Waals surface area (Å²) in [5.74, 6) is 0.487. The summed E-state index contributed by atoms with van der Waals surface area (Å²) >= 11 is 2.19. The van der Waals surface area contributed by atoms with Crippen LogP contribution in [0.4, 0.5) is 4.39 Å². The summed E-state index contributed by atoms with van der Waals surface area (Å²) < 4.78 is 18.8. The van der Waals surface area contributed by atoms with Gasteiger partial charge in [0, 0.05) is 9.49 Å². The van der Waals surface area contributed by atoms with Gasteiger partial charge >= 0.3 is 0 Å². The van der Waals surface area contributed by atoms with Crippen molar-refractivity contribution in [2.24, 2.45) is 0 Å². The summed E-state index contributed by atoms with van der Waals surface area (Å²) in [6.07, 6.45) is 0. The third-order valence-corrected chi connectivity index (χ3v) is 2.49. The molecule has 0 aromatic heterocycles. The Labute approximate surface area is 97.8 Å². The van der Waals surface area contributed by atoms with E-state index in [-0.39, 0.29) is 5.92 Å². The quantitative estimate of drug-likeness (QED) is 0.773. The molecule has 3 heteroatoms. The lowest BCUT2D eigenvalue weighted by Gasteiger charge is -2.10. The number of benzene rings is 1. The maximum Gasteiger partial charge on any atom is 0.120 e. The molecule has 77 valence electrons. The van der Waals surface area contributed by atoms with Gasteiger partial charge in [-0.25, -0.2) is 0 Å². The van der Waals surface area contributed by atoms with Crippen LogP contribution >= 0.6 is 22.6 Å². The van der Waals surface area contributed by atoms with Gasteiger partial charge in [0.2, 0.25) is 0 Å². The van der Waals surface area contributed by atoms with Gasteiger partial charge in [-0.1, -0.05) is 0 Å². The summed E-state index contributed by atoms with van der Waals surface area (Å²) in [6, 6.07) is 5.71. The van der Waals surface area contributed by atoms with Crippen molar-refractivity contribution >= 4 is 22.6 Å². The summed E-state index contributed by atoms with van der Waals surface area (Å²) in [7, 11) is 0. The Kier molecular flexibility index (Phi) is 4.65. The van der Waals surface area contributed by atoms with Gasteiger partial charge in [-0.05, 0) is 60.2 Å². The first-order valence-electron chi connectivity index (χ1n) is 4.49. The van der Waals surface area contributed by atoms with Crippen molar-refractivity contribution in [3.05, 3.63) is 34.3 Å². The summed E-state index contributed by atoms with van der Waals surface area (Å²) in [4.78, 5) is 0. The van der Waals surface area contributed by atoms with Gasteiger partial charge in [0.05, 0.1) is 13.3 Å². The molecule has 0 aliphatic carbocycles. The average Bonchev–Trinajstić information content (AvgIpc) is 2.16. The minimum Gasteiger partial charge on any atom is -0.494 e. The zero-order chi connectivity index (χ0) is 10.6. The van der Waals surface area contributed by atoms with E-state index >= 15 is 0 Å². The smallest absolute Gasteiger partial charge is 0.120 e. The van der Waals surface area contributed by atoms with Gasteiger partial charge < -0.3 is 4.74 Å². The van der Waals surface area contributed by atoms with Crippen LogP contribution in [0.3, 0.4) is 0 Å². The Balaban J connectivity index is 2.94. The van der Waals surface area contributed by atoms with Crippen molar-refractivity contribution in [1.82, 2.24) is 0 Å². The first kappa shape index (κ1) is 11.8. The highest BCUT2D eigenvalue weighted by atomic mass is 127. The van der Waals surface area contributed by atoms with E-state index in [1.807, 2.05) is 25.1 Å². The fraction of sp³-hybridized carbons (Fsp3) is 0.364. The Bertz CT molecular complexity index is 301. The number of rotatable bonds is 4. The summed E-state index contributed by atoms with van der Waals surface area (Å²) in [5.41, 5.74) is 0.892. The normalized spacial score (nSPS) is 12.6. The second kappa shape index (κ2) is 5.53. The van der Waals surface area contributed by atoms with Crippen molar-refractivity contribution < 1.29 is 9.13 Å². The van der Waals surface area contributed by atoms with E-state index < -0.39 is 6.67 Å². The molecule has 0 spiro atoms. The number of hydrogen-bond donors (Lipinski definition) is 0. The van der Waals surface area contributed by atoms with Crippen LogP contribution in [-0.4, -0.2) is 13.3 Å². The first-order chi connectivity index (χ1) is 6.67. The number of hydrogen-bond acceptors (Lipinski definition) is 1. The molecule has 1 nitrogen and oxygen atoms in total. The Hall–Kier alpha value is -0.320. The van der Waals surface area contributed by atoms with E-state index in [4.69, 9.17) is 4.74 Å². The highest BCUT2D eigenvalue weighted by molar-refractivity contribution is 14.1. The van der Waals surface area contributed by atoms with Gasteiger partial charge in [-0.15, -0.1) is 0 Å². The Morgan fingerprint density at radius 3 is 2.79 bits per heavy atom. The fourth-order valence-corrected chi connectivity index (χ4v) is 1.83. The summed E-state index contributed by atoms with van der Waals surface area (Å²) in [5, 5.41) is 0. The van der Waals surface area contributed by atoms with E-state index in [0.717, 1.165) is 14.9 Å². The molecule has 0 heterocycles. The Morgan fingerprint density at radius 1 is 1.50 bits per heavy atom. The van der Waals surface area contributed by atoms with Crippen molar-refractivity contribution in [3.8, 4) is 5.75 Å². The molecular formula is C11H13FIO. The lowest BCUT2D eigenvalue weighted by atomic mass is 10.0. The Morgan fingerprint density at radius 2 is 2.21 bits per heavy atom. The molecule has 14 heavy (non-hydrogen) atoms. The molecule has 0 amide bonds. The van der Waals surface area contributed by atoms with E-state index in [9.17, 15) is 4.39 Å². The van der Waals surface area contributed by atoms with Gasteiger partial charge in [-0.3, -0.25) is 4.39 Å². The van der Waals surface area contributed by atoms with Crippen molar-refractivity contribution in [3.63, 3.8) is 0 Å². The van der Waals surface area contributed by atoms with Crippen LogP contribution in [0.2, 0.25) is 0 Å². The molecule has 0 aliphatic heterocycles. The molecule has 0 bridgehead atoms. The minimum absolute atomic E-state index is 0.302. The van der Waals surface area contributed by atoms with Gasteiger partial charge in [0.1, 0.15) is 5.75 Å². The second-order valence-corrected chi connectivity index (χ2v) is 4.25. The number of ether oxygens (including phenoxy) is 1. The zero-order valence-electron chi connectivity index (χ0n) is 8.09. The molecule has 1 atom stereocenters. The van der Waals surface area contributed by atoms with E-state index in [1.54, 1.807) is 0 Å². The van der Waals surface area contributed by atoms with Gasteiger partial charge in [0.25, 0.3) is 0 Å². The molecule has 1 rings (SSSR count). The average molecular weight is 307 g/mol. The maximum absolute atomic E-state index is 12.4. The topological polar surface area (TPSA) is 9.23 Å². The lowest BCUT2D eigenvalue weighted by Crippen LogP contribution is -1.99. The standard InChI is InChI=1S/C11H13FIO/c1-3-14-11-5-9(8(2)7-12)4-10(13)6-11/h4-6,8H,2-3,7H2,1H3. The molecule has 1 aromatic carbocycles. The lowest BCUT2D eigenvalue weighted by molar-refractivity contribution is 0.339. The maximum atomic E-state index is 12.4. The SMILES string of the molecule is [CH2]C(CF)c1cc(I)cc(OCC)c1. The predicted molar refractivity (Wildman–Crippen MR) is 64.4 cm³/mol. The minimum atomic E-state index is -0.439.